The first-order valence-electron chi connectivity index (χ1n) is 6.20. The van der Waals surface area contributed by atoms with Gasteiger partial charge in [0.15, 0.2) is 0 Å². The van der Waals surface area contributed by atoms with Gasteiger partial charge in [0, 0.05) is 0 Å². The predicted octanol–water partition coefficient (Wildman–Crippen LogP) is 2.34. The van der Waals surface area contributed by atoms with Crippen molar-refractivity contribution in [2.45, 2.75) is 26.3 Å². The van der Waals surface area contributed by atoms with Crippen LogP contribution in [0.25, 0.3) is 0 Å². The van der Waals surface area contributed by atoms with Crippen LogP contribution in [0.4, 0.5) is 4.79 Å². The molecule has 0 saturated carbocycles. The lowest BCUT2D eigenvalue weighted by molar-refractivity contribution is -0.130. The van der Waals surface area contributed by atoms with Gasteiger partial charge in [-0.1, -0.05) is 42.0 Å². The van der Waals surface area contributed by atoms with Crippen LogP contribution in [0.15, 0.2) is 36.4 Å². The third kappa shape index (κ3) is 2.26. The van der Waals surface area contributed by atoms with Gasteiger partial charge in [-0.15, -0.1) is 0 Å². The molecule has 3 amide bonds. The first-order chi connectivity index (χ1) is 8.84. The van der Waals surface area contributed by atoms with Crippen LogP contribution in [0.3, 0.4) is 0 Å². The number of carbonyl (C=O) groups excluding carboxylic acids is 2. The summed E-state index contributed by atoms with van der Waals surface area (Å²) in [5, 5.41) is 2.77. The second-order valence-electron chi connectivity index (χ2n) is 5.27. The van der Waals surface area contributed by atoms with Crippen molar-refractivity contribution in [1.29, 1.82) is 0 Å². The quantitative estimate of drug-likeness (QED) is 0.668. The molecule has 1 aromatic rings. The number of urea groups is 1. The van der Waals surface area contributed by atoms with E-state index in [1.165, 1.54) is 4.90 Å². The highest BCUT2D eigenvalue weighted by Gasteiger charge is 2.48. The minimum Gasteiger partial charge on any atom is -0.319 e. The zero-order valence-electron chi connectivity index (χ0n) is 11.5. The number of rotatable bonds is 3. The van der Waals surface area contributed by atoms with Crippen molar-refractivity contribution < 1.29 is 9.59 Å². The summed E-state index contributed by atoms with van der Waals surface area (Å²) in [6.45, 7) is 9.51. The molecular weight excluding hydrogens is 240 g/mol. The second-order valence-corrected chi connectivity index (χ2v) is 5.27. The maximum atomic E-state index is 12.5. The minimum atomic E-state index is -0.986. The van der Waals surface area contributed by atoms with E-state index in [4.69, 9.17) is 0 Å². The van der Waals surface area contributed by atoms with Crippen molar-refractivity contribution in [2.75, 3.05) is 6.54 Å². The summed E-state index contributed by atoms with van der Waals surface area (Å²) >= 11 is 0. The van der Waals surface area contributed by atoms with E-state index in [9.17, 15) is 9.59 Å². The highest BCUT2D eigenvalue weighted by Crippen LogP contribution is 2.29. The van der Waals surface area contributed by atoms with Crippen LogP contribution in [0, 0.1) is 6.92 Å². The number of amides is 3. The first-order valence-corrected chi connectivity index (χ1v) is 6.20. The monoisotopic (exact) mass is 258 g/mol. The fraction of sp³-hybridized carbons (Fsp3) is 0.333. The van der Waals surface area contributed by atoms with Crippen LogP contribution >= 0.6 is 0 Å². The van der Waals surface area contributed by atoms with Gasteiger partial charge in [0.1, 0.15) is 5.54 Å². The van der Waals surface area contributed by atoms with Crippen LogP contribution in [-0.4, -0.2) is 23.4 Å². The number of carbonyl (C=O) groups is 2. The lowest BCUT2D eigenvalue weighted by Crippen LogP contribution is -2.41. The van der Waals surface area contributed by atoms with Crippen LogP contribution < -0.4 is 5.32 Å². The number of aryl methyl sites for hydroxylation is 1. The molecule has 19 heavy (non-hydrogen) atoms. The third-order valence-electron chi connectivity index (χ3n) is 3.33. The molecule has 1 aliphatic heterocycles. The van der Waals surface area contributed by atoms with E-state index in [-0.39, 0.29) is 18.5 Å². The molecule has 4 nitrogen and oxygen atoms in total. The molecule has 0 unspecified atom stereocenters. The summed E-state index contributed by atoms with van der Waals surface area (Å²) in [7, 11) is 0. The predicted molar refractivity (Wildman–Crippen MR) is 73.6 cm³/mol. The molecule has 0 aliphatic carbocycles. The maximum absolute atomic E-state index is 12.5. The van der Waals surface area contributed by atoms with Crippen LogP contribution in [0.5, 0.6) is 0 Å². The van der Waals surface area contributed by atoms with Crippen molar-refractivity contribution in [3.63, 3.8) is 0 Å². The van der Waals surface area contributed by atoms with Crippen LogP contribution in [-0.2, 0) is 10.3 Å². The zero-order valence-corrected chi connectivity index (χ0v) is 11.5. The average Bonchev–Trinajstić information content (AvgIpc) is 2.54. The molecule has 1 aliphatic rings. The Balaban J connectivity index is 2.35. The largest absolute Gasteiger partial charge is 0.325 e. The summed E-state index contributed by atoms with van der Waals surface area (Å²) in [5.41, 5.74) is 1.69. The Morgan fingerprint density at radius 3 is 2.42 bits per heavy atom. The van der Waals surface area contributed by atoms with Crippen molar-refractivity contribution >= 4 is 11.9 Å². The van der Waals surface area contributed by atoms with Gasteiger partial charge in [0.2, 0.25) is 0 Å². The normalized spacial score (nSPS) is 22.6. The van der Waals surface area contributed by atoms with Crippen molar-refractivity contribution in [3.8, 4) is 0 Å². The van der Waals surface area contributed by atoms with E-state index in [0.29, 0.717) is 0 Å². The molecule has 0 aromatic heterocycles. The molecule has 4 heteroatoms. The molecule has 1 fully saturated rings. The molecule has 1 atom stereocenters. The third-order valence-corrected chi connectivity index (χ3v) is 3.33. The Hall–Kier alpha value is -2.10. The Morgan fingerprint density at radius 1 is 1.32 bits per heavy atom. The average molecular weight is 258 g/mol. The Bertz CT molecular complexity index is 548. The summed E-state index contributed by atoms with van der Waals surface area (Å²) in [4.78, 5) is 25.6. The molecule has 2 rings (SSSR count). The van der Waals surface area contributed by atoms with Gasteiger partial charge in [-0.2, -0.15) is 0 Å². The van der Waals surface area contributed by atoms with Crippen LogP contribution in [0.2, 0.25) is 0 Å². The first kappa shape index (κ1) is 13.3. The van der Waals surface area contributed by atoms with E-state index < -0.39 is 5.54 Å². The van der Waals surface area contributed by atoms with E-state index in [1.807, 2.05) is 31.2 Å². The SMILES string of the molecule is C=C(C)CN1C(=O)N[C@@](C)(c2ccc(C)cc2)C1=O. The summed E-state index contributed by atoms with van der Waals surface area (Å²) in [5.74, 6) is -0.232. The topological polar surface area (TPSA) is 49.4 Å². The summed E-state index contributed by atoms with van der Waals surface area (Å²) in [6, 6.07) is 7.24. The molecule has 100 valence electrons. The Morgan fingerprint density at radius 2 is 1.89 bits per heavy atom. The molecule has 1 N–H and O–H groups in total. The van der Waals surface area contributed by atoms with Crippen molar-refractivity contribution in [1.82, 2.24) is 10.2 Å². The molecule has 0 bridgehead atoms. The van der Waals surface area contributed by atoms with E-state index in [0.717, 1.165) is 16.7 Å². The van der Waals surface area contributed by atoms with Gasteiger partial charge in [0.25, 0.3) is 5.91 Å². The Kier molecular flexibility index (Phi) is 3.18. The van der Waals surface area contributed by atoms with Crippen molar-refractivity contribution in [2.24, 2.45) is 0 Å². The fourth-order valence-electron chi connectivity index (χ4n) is 2.19. The highest BCUT2D eigenvalue weighted by atomic mass is 16.2. The number of hydrogen-bond acceptors (Lipinski definition) is 2. The molecule has 1 heterocycles. The number of nitrogens with zero attached hydrogens (tertiary/aromatic N) is 1. The zero-order chi connectivity index (χ0) is 14.2. The maximum Gasteiger partial charge on any atom is 0.325 e. The molecule has 1 saturated heterocycles. The summed E-state index contributed by atoms with van der Waals surface area (Å²) < 4.78 is 0. The van der Waals surface area contributed by atoms with Gasteiger partial charge < -0.3 is 5.32 Å². The molecular formula is C15H18N2O2. The van der Waals surface area contributed by atoms with E-state index in [2.05, 4.69) is 11.9 Å². The number of imide groups is 1. The second kappa shape index (κ2) is 4.53. The molecule has 0 radical (unpaired) electrons. The fourth-order valence-corrected chi connectivity index (χ4v) is 2.19. The number of benzene rings is 1. The van der Waals surface area contributed by atoms with Gasteiger partial charge >= 0.3 is 6.03 Å². The van der Waals surface area contributed by atoms with Gasteiger partial charge in [-0.25, -0.2) is 4.79 Å². The van der Waals surface area contributed by atoms with E-state index >= 15 is 0 Å². The van der Waals surface area contributed by atoms with Gasteiger partial charge in [-0.3, -0.25) is 9.69 Å². The summed E-state index contributed by atoms with van der Waals surface area (Å²) in [6.07, 6.45) is 0. The van der Waals surface area contributed by atoms with E-state index in [1.54, 1.807) is 13.8 Å². The van der Waals surface area contributed by atoms with Crippen LogP contribution in [0.1, 0.15) is 25.0 Å². The Labute approximate surface area is 113 Å². The highest BCUT2D eigenvalue weighted by molar-refractivity contribution is 6.07. The standard InChI is InChI=1S/C15H18N2O2/c1-10(2)9-17-13(18)15(4,16-14(17)19)12-7-5-11(3)6-8-12/h5-8H,1,9H2,2-4H3,(H,16,19)/t15-/m0/s1. The smallest absolute Gasteiger partial charge is 0.319 e. The lowest BCUT2D eigenvalue weighted by Gasteiger charge is -2.22. The molecule has 0 spiro atoms. The lowest BCUT2D eigenvalue weighted by atomic mass is 9.91. The van der Waals surface area contributed by atoms with Gasteiger partial charge in [-0.05, 0) is 26.3 Å². The van der Waals surface area contributed by atoms with Gasteiger partial charge in [0.05, 0.1) is 6.54 Å². The number of hydrogen-bond donors (Lipinski definition) is 1. The molecule has 1 aromatic carbocycles. The minimum absolute atomic E-state index is 0.232. The number of nitrogens with one attached hydrogen (secondary N) is 1. The van der Waals surface area contributed by atoms with Crippen molar-refractivity contribution in [3.05, 3.63) is 47.5 Å².